The molecular formula is C18H28O6. The molecule has 4 aliphatic rings. The summed E-state index contributed by atoms with van der Waals surface area (Å²) in [6.07, 6.45) is 3.49. The number of carboxylic acid groups (broad SMARTS) is 1. The van der Waals surface area contributed by atoms with Crippen LogP contribution in [0.1, 0.15) is 46.5 Å². The third-order valence-corrected chi connectivity index (χ3v) is 5.98. The Balaban J connectivity index is 0.000000143. The lowest BCUT2D eigenvalue weighted by molar-refractivity contribution is -0.219. The lowest BCUT2D eigenvalue weighted by atomic mass is 9.52. The molecule has 2 spiro atoms. The SMILES string of the molecule is CC1(C(=O)O)CC2(COC2)C1.CCOC(=O)C1(C)CC2(COC2)C1. The molecule has 0 radical (unpaired) electrons. The summed E-state index contributed by atoms with van der Waals surface area (Å²) in [4.78, 5) is 22.2. The standard InChI is InChI=1S/C10H16O3.C8H12O3/c1-3-13-8(11)9(2)4-10(5-9)6-12-7-10;1-7(6(9)10)2-8(3-7)4-11-5-8/h3-7H2,1-2H3;2-5H2,1H3,(H,9,10). The van der Waals surface area contributed by atoms with Gasteiger partial charge >= 0.3 is 11.9 Å². The van der Waals surface area contributed by atoms with Crippen LogP contribution in [0.3, 0.4) is 0 Å². The lowest BCUT2D eigenvalue weighted by Gasteiger charge is -2.57. The maximum atomic E-state index is 11.5. The van der Waals surface area contributed by atoms with Crippen molar-refractivity contribution < 1.29 is 28.9 Å². The van der Waals surface area contributed by atoms with E-state index in [4.69, 9.17) is 19.3 Å². The molecule has 0 aromatic carbocycles. The monoisotopic (exact) mass is 340 g/mol. The van der Waals surface area contributed by atoms with Gasteiger partial charge in [0.15, 0.2) is 0 Å². The van der Waals surface area contributed by atoms with E-state index in [9.17, 15) is 9.59 Å². The molecule has 4 rings (SSSR count). The minimum atomic E-state index is -0.657. The molecule has 2 aliphatic carbocycles. The van der Waals surface area contributed by atoms with Gasteiger partial charge in [-0.2, -0.15) is 0 Å². The van der Waals surface area contributed by atoms with Crippen LogP contribution in [0, 0.1) is 21.7 Å². The smallest absolute Gasteiger partial charge is 0.311 e. The molecule has 0 atom stereocenters. The maximum Gasteiger partial charge on any atom is 0.311 e. The number of carbonyl (C=O) groups is 2. The summed E-state index contributed by atoms with van der Waals surface area (Å²) in [5.41, 5.74) is -0.0851. The van der Waals surface area contributed by atoms with Crippen molar-refractivity contribution in [2.24, 2.45) is 21.7 Å². The van der Waals surface area contributed by atoms with E-state index < -0.39 is 11.4 Å². The van der Waals surface area contributed by atoms with Crippen LogP contribution >= 0.6 is 0 Å². The zero-order valence-corrected chi connectivity index (χ0v) is 14.9. The van der Waals surface area contributed by atoms with Crippen molar-refractivity contribution in [3.05, 3.63) is 0 Å². The molecule has 0 aromatic heterocycles. The van der Waals surface area contributed by atoms with Crippen LogP contribution < -0.4 is 0 Å². The Morgan fingerprint density at radius 3 is 1.62 bits per heavy atom. The van der Waals surface area contributed by atoms with Crippen molar-refractivity contribution in [1.82, 2.24) is 0 Å². The van der Waals surface area contributed by atoms with Gasteiger partial charge in [-0.1, -0.05) is 0 Å². The summed E-state index contributed by atoms with van der Waals surface area (Å²) in [6, 6.07) is 0. The summed E-state index contributed by atoms with van der Waals surface area (Å²) >= 11 is 0. The highest BCUT2D eigenvalue weighted by Crippen LogP contribution is 2.59. The molecule has 0 aromatic rings. The Hall–Kier alpha value is -1.14. The third-order valence-electron chi connectivity index (χ3n) is 5.98. The van der Waals surface area contributed by atoms with Crippen molar-refractivity contribution in [2.45, 2.75) is 46.5 Å². The molecular weight excluding hydrogens is 312 g/mol. The Morgan fingerprint density at radius 1 is 0.917 bits per heavy atom. The van der Waals surface area contributed by atoms with Gasteiger partial charge in [-0.15, -0.1) is 0 Å². The Morgan fingerprint density at radius 2 is 1.33 bits per heavy atom. The Kier molecular flexibility index (Phi) is 4.20. The molecule has 6 heteroatoms. The first kappa shape index (κ1) is 17.7. The summed E-state index contributed by atoms with van der Waals surface area (Å²) in [5, 5.41) is 8.80. The first-order chi connectivity index (χ1) is 11.2. The molecule has 1 N–H and O–H groups in total. The quantitative estimate of drug-likeness (QED) is 0.794. The summed E-state index contributed by atoms with van der Waals surface area (Å²) < 4.78 is 15.3. The molecule has 6 nitrogen and oxygen atoms in total. The van der Waals surface area contributed by atoms with E-state index in [1.807, 2.05) is 20.8 Å². The highest BCUT2D eigenvalue weighted by Gasteiger charge is 2.60. The van der Waals surface area contributed by atoms with Crippen LogP contribution in [0.2, 0.25) is 0 Å². The van der Waals surface area contributed by atoms with Crippen LogP contribution in [-0.4, -0.2) is 50.1 Å². The lowest BCUT2D eigenvalue weighted by Crippen LogP contribution is -2.59. The highest BCUT2D eigenvalue weighted by molar-refractivity contribution is 5.78. The minimum absolute atomic E-state index is 0.0347. The molecule has 0 unspecified atom stereocenters. The highest BCUT2D eigenvalue weighted by atomic mass is 16.5. The first-order valence-corrected chi connectivity index (χ1v) is 8.73. The fourth-order valence-electron chi connectivity index (χ4n) is 5.00. The third kappa shape index (κ3) is 2.84. The second-order valence-corrected chi connectivity index (χ2v) is 8.84. The summed E-state index contributed by atoms with van der Waals surface area (Å²) in [7, 11) is 0. The van der Waals surface area contributed by atoms with Crippen LogP contribution in [0.4, 0.5) is 0 Å². The number of rotatable bonds is 3. The number of hydrogen-bond donors (Lipinski definition) is 1. The second kappa shape index (κ2) is 5.70. The van der Waals surface area contributed by atoms with Crippen LogP contribution in [-0.2, 0) is 23.8 Å². The average Bonchev–Trinajstić information content (AvgIpc) is 2.36. The fourth-order valence-corrected chi connectivity index (χ4v) is 5.00. The van der Waals surface area contributed by atoms with Crippen LogP contribution in [0.25, 0.3) is 0 Å². The number of carbonyl (C=O) groups excluding carboxylic acids is 1. The number of aliphatic carboxylic acids is 1. The van der Waals surface area contributed by atoms with Gasteiger partial charge in [0.2, 0.25) is 0 Å². The molecule has 136 valence electrons. The first-order valence-electron chi connectivity index (χ1n) is 8.73. The van der Waals surface area contributed by atoms with Crippen molar-refractivity contribution >= 4 is 11.9 Å². The van der Waals surface area contributed by atoms with Crippen molar-refractivity contribution in [2.75, 3.05) is 33.0 Å². The average molecular weight is 340 g/mol. The molecule has 4 fully saturated rings. The van der Waals surface area contributed by atoms with E-state index in [0.717, 1.165) is 52.1 Å². The largest absolute Gasteiger partial charge is 0.481 e. The molecule has 0 bridgehead atoms. The predicted molar refractivity (Wildman–Crippen MR) is 85.5 cm³/mol. The fraction of sp³-hybridized carbons (Fsp3) is 0.889. The van der Waals surface area contributed by atoms with E-state index in [2.05, 4.69) is 0 Å². The van der Waals surface area contributed by atoms with Gasteiger partial charge in [0.25, 0.3) is 0 Å². The van der Waals surface area contributed by atoms with Crippen molar-refractivity contribution in [3.8, 4) is 0 Å². The zero-order valence-electron chi connectivity index (χ0n) is 14.9. The van der Waals surface area contributed by atoms with Crippen LogP contribution in [0.15, 0.2) is 0 Å². The molecule has 2 saturated carbocycles. The molecule has 2 heterocycles. The van der Waals surface area contributed by atoms with E-state index in [-0.39, 0.29) is 16.8 Å². The topological polar surface area (TPSA) is 82.1 Å². The minimum Gasteiger partial charge on any atom is -0.481 e. The Labute approximate surface area is 142 Å². The Bertz CT molecular complexity index is 516. The number of ether oxygens (including phenoxy) is 3. The maximum absolute atomic E-state index is 11.5. The van der Waals surface area contributed by atoms with Gasteiger partial charge in [-0.25, -0.2) is 0 Å². The molecule has 0 amide bonds. The second-order valence-electron chi connectivity index (χ2n) is 8.84. The van der Waals surface area contributed by atoms with Gasteiger partial charge in [0.1, 0.15) is 0 Å². The number of esters is 1. The number of hydrogen-bond acceptors (Lipinski definition) is 5. The molecule has 2 aliphatic heterocycles. The summed E-state index contributed by atoms with van der Waals surface area (Å²) in [6.45, 7) is 9.36. The van der Waals surface area contributed by atoms with E-state index in [1.54, 1.807) is 0 Å². The van der Waals surface area contributed by atoms with Crippen molar-refractivity contribution in [1.29, 1.82) is 0 Å². The van der Waals surface area contributed by atoms with Crippen LogP contribution in [0.5, 0.6) is 0 Å². The van der Waals surface area contributed by atoms with E-state index in [0.29, 0.717) is 12.0 Å². The van der Waals surface area contributed by atoms with Gasteiger partial charge in [0, 0.05) is 10.8 Å². The molecule has 2 saturated heterocycles. The van der Waals surface area contributed by atoms with Crippen molar-refractivity contribution in [3.63, 3.8) is 0 Å². The molecule has 24 heavy (non-hydrogen) atoms. The predicted octanol–water partition coefficient (Wildman–Crippen LogP) is 2.25. The van der Waals surface area contributed by atoms with Gasteiger partial charge in [0.05, 0.1) is 43.9 Å². The zero-order chi connectivity index (χ0) is 17.6. The van der Waals surface area contributed by atoms with Gasteiger partial charge < -0.3 is 19.3 Å². The number of carboxylic acids is 1. The van der Waals surface area contributed by atoms with E-state index in [1.165, 1.54) is 0 Å². The van der Waals surface area contributed by atoms with Gasteiger partial charge in [-0.3, -0.25) is 9.59 Å². The normalized spacial score (nSPS) is 33.0. The van der Waals surface area contributed by atoms with E-state index >= 15 is 0 Å². The summed E-state index contributed by atoms with van der Waals surface area (Å²) in [5.74, 6) is -0.692. The van der Waals surface area contributed by atoms with Gasteiger partial charge in [-0.05, 0) is 46.5 Å².